The summed E-state index contributed by atoms with van der Waals surface area (Å²) in [5, 5.41) is 1.19. The number of rotatable bonds is 5. The summed E-state index contributed by atoms with van der Waals surface area (Å²) in [5.74, 6) is 1.42. The molecule has 0 unspecified atom stereocenters. The highest BCUT2D eigenvalue weighted by Crippen LogP contribution is 2.44. The molecule has 0 spiro atoms. The number of hydrogen-bond donors (Lipinski definition) is 1. The van der Waals surface area contributed by atoms with Gasteiger partial charge >= 0.3 is 0 Å². The minimum absolute atomic E-state index is 0.642. The normalized spacial score (nSPS) is 21.1. The molecule has 19 heavy (non-hydrogen) atoms. The molecule has 1 aromatic rings. The van der Waals surface area contributed by atoms with Gasteiger partial charge < -0.3 is 15.4 Å². The van der Waals surface area contributed by atoms with Gasteiger partial charge in [0.25, 0.3) is 0 Å². The lowest BCUT2D eigenvalue weighted by Gasteiger charge is -2.31. The highest BCUT2D eigenvalue weighted by Gasteiger charge is 2.30. The van der Waals surface area contributed by atoms with Crippen LogP contribution in [0.5, 0.6) is 0 Å². The van der Waals surface area contributed by atoms with Crippen LogP contribution in [0, 0.1) is 5.92 Å². The zero-order chi connectivity index (χ0) is 13.2. The minimum Gasteiger partial charge on any atom is -0.384 e. The molecule has 0 atom stereocenters. The van der Waals surface area contributed by atoms with E-state index in [2.05, 4.69) is 4.90 Å². The van der Waals surface area contributed by atoms with Gasteiger partial charge in [-0.25, -0.2) is 4.98 Å². The van der Waals surface area contributed by atoms with E-state index in [0.29, 0.717) is 12.5 Å². The maximum Gasteiger partial charge on any atom is 0.185 e. The summed E-state index contributed by atoms with van der Waals surface area (Å²) in [4.78, 5) is 8.61. The van der Waals surface area contributed by atoms with E-state index >= 15 is 0 Å². The smallest absolute Gasteiger partial charge is 0.185 e. The molecule has 0 radical (unpaired) electrons. The molecule has 2 heterocycles. The molecule has 1 aliphatic carbocycles. The van der Waals surface area contributed by atoms with Gasteiger partial charge in [0.15, 0.2) is 5.13 Å². The van der Waals surface area contributed by atoms with Crippen molar-refractivity contribution in [1.82, 2.24) is 4.98 Å². The first-order valence-electron chi connectivity index (χ1n) is 7.25. The Morgan fingerprint density at radius 1 is 1.32 bits per heavy atom. The maximum absolute atomic E-state index is 5.86. The van der Waals surface area contributed by atoms with Gasteiger partial charge in [-0.05, 0) is 31.6 Å². The van der Waals surface area contributed by atoms with Gasteiger partial charge in [0.2, 0.25) is 0 Å². The molecule has 5 heteroatoms. The van der Waals surface area contributed by atoms with Gasteiger partial charge in [0, 0.05) is 44.1 Å². The van der Waals surface area contributed by atoms with Crippen molar-refractivity contribution in [2.45, 2.75) is 38.1 Å². The lowest BCUT2D eigenvalue weighted by atomic mass is 9.98. The fourth-order valence-electron chi connectivity index (χ4n) is 2.83. The number of thiazole rings is 1. The summed E-state index contributed by atoms with van der Waals surface area (Å²) in [5.41, 5.74) is 7.15. The number of nitrogens with zero attached hydrogens (tertiary/aromatic N) is 2. The second kappa shape index (κ2) is 5.77. The third kappa shape index (κ3) is 2.93. The topological polar surface area (TPSA) is 51.4 Å². The van der Waals surface area contributed by atoms with Crippen molar-refractivity contribution in [1.29, 1.82) is 0 Å². The Labute approximate surface area is 119 Å². The minimum atomic E-state index is 0.642. The van der Waals surface area contributed by atoms with Crippen LogP contribution in [-0.4, -0.2) is 31.8 Å². The van der Waals surface area contributed by atoms with Crippen LogP contribution in [0.4, 0.5) is 5.13 Å². The number of aromatic nitrogens is 1. The first kappa shape index (κ1) is 13.3. The van der Waals surface area contributed by atoms with Crippen molar-refractivity contribution in [3.05, 3.63) is 10.6 Å². The Balaban J connectivity index is 1.66. The van der Waals surface area contributed by atoms with Crippen molar-refractivity contribution >= 4 is 16.5 Å². The molecule has 2 aliphatic rings. The van der Waals surface area contributed by atoms with Gasteiger partial charge in [-0.2, -0.15) is 0 Å². The van der Waals surface area contributed by atoms with E-state index in [1.54, 1.807) is 7.11 Å². The lowest BCUT2D eigenvalue weighted by molar-refractivity contribution is 0.139. The molecule has 4 nitrogen and oxygen atoms in total. The second-order valence-corrected chi connectivity index (χ2v) is 6.73. The third-order valence-electron chi connectivity index (χ3n) is 4.15. The molecule has 106 valence electrons. The number of ether oxygens (including phenoxy) is 1. The molecule has 1 saturated heterocycles. The molecular weight excluding hydrogens is 258 g/mol. The Kier molecular flexibility index (Phi) is 4.05. The van der Waals surface area contributed by atoms with Crippen LogP contribution < -0.4 is 10.6 Å². The van der Waals surface area contributed by atoms with Crippen LogP contribution in [0.1, 0.15) is 42.2 Å². The van der Waals surface area contributed by atoms with Crippen LogP contribution in [0.3, 0.4) is 0 Å². The van der Waals surface area contributed by atoms with E-state index in [-0.39, 0.29) is 0 Å². The second-order valence-electron chi connectivity index (χ2n) is 5.67. The summed E-state index contributed by atoms with van der Waals surface area (Å²) in [7, 11) is 1.79. The third-order valence-corrected chi connectivity index (χ3v) is 5.31. The molecule has 0 aromatic carbocycles. The van der Waals surface area contributed by atoms with Gasteiger partial charge in [-0.1, -0.05) is 0 Å². The number of nitrogens with two attached hydrogens (primary N) is 1. The van der Waals surface area contributed by atoms with Crippen LogP contribution in [0.25, 0.3) is 0 Å². The average Bonchev–Trinajstić information content (AvgIpc) is 3.19. The summed E-state index contributed by atoms with van der Waals surface area (Å²) < 4.78 is 5.25. The number of anilines is 1. The fourth-order valence-corrected chi connectivity index (χ4v) is 3.91. The summed E-state index contributed by atoms with van der Waals surface area (Å²) in [6.45, 7) is 3.75. The van der Waals surface area contributed by atoms with Crippen molar-refractivity contribution in [2.24, 2.45) is 11.7 Å². The van der Waals surface area contributed by atoms with Gasteiger partial charge in [-0.3, -0.25) is 0 Å². The molecule has 3 rings (SSSR count). The van der Waals surface area contributed by atoms with Gasteiger partial charge in [-0.15, -0.1) is 11.3 Å². The Bertz CT molecular complexity index is 422. The van der Waals surface area contributed by atoms with Crippen molar-refractivity contribution in [3.63, 3.8) is 0 Å². The standard InChI is InChI=1S/C14H23N3OS/c1-18-9-10-4-6-17(7-5-10)14-16-13(11-2-3-11)12(8-15)19-14/h10-11H,2-9,15H2,1H3. The van der Waals surface area contributed by atoms with E-state index in [4.69, 9.17) is 15.5 Å². The van der Waals surface area contributed by atoms with E-state index in [0.717, 1.165) is 25.6 Å². The lowest BCUT2D eigenvalue weighted by Crippen LogP contribution is -2.34. The van der Waals surface area contributed by atoms with Crippen molar-refractivity contribution in [3.8, 4) is 0 Å². The first-order chi connectivity index (χ1) is 9.31. The molecule has 0 amide bonds. The highest BCUT2D eigenvalue weighted by atomic mass is 32.1. The predicted octanol–water partition coefficient (Wildman–Crippen LogP) is 2.34. The summed E-state index contributed by atoms with van der Waals surface area (Å²) in [6.07, 6.45) is 5.02. The van der Waals surface area contributed by atoms with Crippen LogP contribution in [0.15, 0.2) is 0 Å². The molecule has 1 aromatic heterocycles. The Morgan fingerprint density at radius 2 is 2.05 bits per heavy atom. The largest absolute Gasteiger partial charge is 0.384 e. The monoisotopic (exact) mass is 281 g/mol. The van der Waals surface area contributed by atoms with Crippen LogP contribution in [0.2, 0.25) is 0 Å². The fraction of sp³-hybridized carbons (Fsp3) is 0.786. The molecule has 2 N–H and O–H groups in total. The average molecular weight is 281 g/mol. The molecule has 1 aliphatic heterocycles. The maximum atomic E-state index is 5.86. The number of piperidine rings is 1. The van der Waals surface area contributed by atoms with E-state index in [9.17, 15) is 0 Å². The summed E-state index contributed by atoms with van der Waals surface area (Å²) in [6, 6.07) is 0. The Morgan fingerprint density at radius 3 is 2.63 bits per heavy atom. The predicted molar refractivity (Wildman–Crippen MR) is 78.8 cm³/mol. The molecule has 0 bridgehead atoms. The van der Waals surface area contributed by atoms with Crippen LogP contribution >= 0.6 is 11.3 Å². The highest BCUT2D eigenvalue weighted by molar-refractivity contribution is 7.15. The molecular formula is C14H23N3OS. The number of methoxy groups -OCH3 is 1. The van der Waals surface area contributed by atoms with E-state index in [1.165, 1.54) is 41.4 Å². The van der Waals surface area contributed by atoms with Crippen molar-refractivity contribution in [2.75, 3.05) is 31.7 Å². The first-order valence-corrected chi connectivity index (χ1v) is 8.07. The zero-order valence-electron chi connectivity index (χ0n) is 11.6. The molecule has 2 fully saturated rings. The SMILES string of the molecule is COCC1CCN(c2nc(C3CC3)c(CN)s2)CC1. The van der Waals surface area contributed by atoms with E-state index < -0.39 is 0 Å². The van der Waals surface area contributed by atoms with Crippen LogP contribution in [-0.2, 0) is 11.3 Å². The van der Waals surface area contributed by atoms with Gasteiger partial charge in [0.05, 0.1) is 5.69 Å². The van der Waals surface area contributed by atoms with E-state index in [1.807, 2.05) is 11.3 Å². The number of hydrogen-bond acceptors (Lipinski definition) is 5. The zero-order valence-corrected chi connectivity index (χ0v) is 12.4. The molecule has 1 saturated carbocycles. The quantitative estimate of drug-likeness (QED) is 0.900. The van der Waals surface area contributed by atoms with Crippen molar-refractivity contribution < 1.29 is 4.74 Å². The van der Waals surface area contributed by atoms with Gasteiger partial charge in [0.1, 0.15) is 0 Å². The summed E-state index contributed by atoms with van der Waals surface area (Å²) >= 11 is 1.81. The Hall–Kier alpha value is -0.650.